The number of nitrogens with zero attached hydrogens (tertiary/aromatic N) is 1. The van der Waals surface area contributed by atoms with Crippen molar-refractivity contribution < 1.29 is 28.7 Å². The Labute approximate surface area is 271 Å². The normalized spacial score (nSPS) is 27.1. The molecule has 242 valence electrons. The Bertz CT molecular complexity index is 1540. The van der Waals surface area contributed by atoms with Gasteiger partial charge in [0, 0.05) is 73.7 Å². The van der Waals surface area contributed by atoms with E-state index in [9.17, 15) is 19.2 Å². The standard InChI is InChI=1S/C39H45NO6/c1-36(2)12-22(41)32-26(16-36)45-27-17-37(3,4)13-23(42)33(27)30(32)20-10-9-11-21(40-20)31-34-24(43)14-38(5,6)18-28(34)46-29-19-39(7,8)15-25(44)35(29)31/h9-11,30-31H,12-19H2,1-8H3. The minimum absolute atomic E-state index is 0.0249. The number of carbonyl (C=O) groups excluding carboxylic acids is 4. The molecule has 7 rings (SSSR count). The monoisotopic (exact) mass is 623 g/mol. The second-order valence-electron chi connectivity index (χ2n) is 17.7. The zero-order valence-electron chi connectivity index (χ0n) is 28.4. The first kappa shape index (κ1) is 31.0. The Kier molecular flexibility index (Phi) is 6.71. The SMILES string of the molecule is CC1(C)CC(=O)C2=C(C1)OC1=C(C(=O)CC(C)(C)C1)C2c1cccc(C2C3=C(CC(C)(C)CC3=O)OC3=C2C(=O)CC(C)(C)C3)n1. The molecule has 0 atom stereocenters. The molecule has 0 aromatic carbocycles. The summed E-state index contributed by atoms with van der Waals surface area (Å²) >= 11 is 0. The number of allylic oxidation sites excluding steroid dienone is 8. The highest BCUT2D eigenvalue weighted by molar-refractivity contribution is 6.07. The Morgan fingerprint density at radius 1 is 0.478 bits per heavy atom. The molecule has 0 radical (unpaired) electrons. The second-order valence-corrected chi connectivity index (χ2v) is 17.7. The van der Waals surface area contributed by atoms with Gasteiger partial charge in [0.15, 0.2) is 23.1 Å². The lowest BCUT2D eigenvalue weighted by molar-refractivity contribution is -0.122. The van der Waals surface area contributed by atoms with Gasteiger partial charge in [-0.05, 0) is 33.8 Å². The highest BCUT2D eigenvalue weighted by atomic mass is 16.5. The van der Waals surface area contributed by atoms with Crippen LogP contribution in [0.4, 0.5) is 0 Å². The highest BCUT2D eigenvalue weighted by Gasteiger charge is 2.51. The molecule has 6 aliphatic rings. The van der Waals surface area contributed by atoms with E-state index in [4.69, 9.17) is 14.5 Å². The maximum absolute atomic E-state index is 13.9. The van der Waals surface area contributed by atoms with Crippen molar-refractivity contribution in [1.29, 1.82) is 0 Å². The average molecular weight is 624 g/mol. The first-order valence-corrected chi connectivity index (χ1v) is 16.7. The fourth-order valence-corrected chi connectivity index (χ4v) is 8.73. The summed E-state index contributed by atoms with van der Waals surface area (Å²) in [6, 6.07) is 5.62. The van der Waals surface area contributed by atoms with Gasteiger partial charge in [0.25, 0.3) is 0 Å². The third-order valence-corrected chi connectivity index (χ3v) is 10.5. The molecule has 2 aliphatic heterocycles. The maximum atomic E-state index is 13.9. The lowest BCUT2D eigenvalue weighted by Gasteiger charge is -2.43. The summed E-state index contributed by atoms with van der Waals surface area (Å²) in [7, 11) is 0. The zero-order valence-corrected chi connectivity index (χ0v) is 28.4. The van der Waals surface area contributed by atoms with E-state index < -0.39 is 11.8 Å². The number of carbonyl (C=O) groups is 4. The van der Waals surface area contributed by atoms with Gasteiger partial charge in [-0.25, -0.2) is 0 Å². The van der Waals surface area contributed by atoms with Crippen molar-refractivity contribution in [3.05, 3.63) is 74.9 Å². The molecule has 0 bridgehead atoms. The Balaban J connectivity index is 1.42. The molecule has 3 heterocycles. The number of Topliss-reactive ketones (excluding diaryl/α,β-unsaturated/α-hetero) is 4. The maximum Gasteiger partial charge on any atom is 0.163 e. The van der Waals surface area contributed by atoms with Crippen LogP contribution in [0.25, 0.3) is 0 Å². The minimum Gasteiger partial charge on any atom is -0.465 e. The van der Waals surface area contributed by atoms with E-state index in [1.165, 1.54) is 0 Å². The van der Waals surface area contributed by atoms with Crippen LogP contribution < -0.4 is 0 Å². The topological polar surface area (TPSA) is 99.6 Å². The van der Waals surface area contributed by atoms with Crippen LogP contribution in [0.1, 0.15) is 130 Å². The lowest BCUT2D eigenvalue weighted by atomic mass is 9.65. The van der Waals surface area contributed by atoms with Crippen LogP contribution in [-0.4, -0.2) is 28.1 Å². The molecule has 0 amide bonds. The van der Waals surface area contributed by atoms with Gasteiger partial charge in [-0.3, -0.25) is 24.2 Å². The van der Waals surface area contributed by atoms with Gasteiger partial charge < -0.3 is 9.47 Å². The van der Waals surface area contributed by atoms with E-state index in [2.05, 4.69) is 55.4 Å². The van der Waals surface area contributed by atoms with E-state index in [-0.39, 0.29) is 44.8 Å². The first-order chi connectivity index (χ1) is 21.3. The Hall–Kier alpha value is -3.61. The molecule has 0 fully saturated rings. The smallest absolute Gasteiger partial charge is 0.163 e. The van der Waals surface area contributed by atoms with Crippen molar-refractivity contribution in [2.45, 2.75) is 119 Å². The predicted octanol–water partition coefficient (Wildman–Crippen LogP) is 7.88. The van der Waals surface area contributed by atoms with Crippen molar-refractivity contribution in [1.82, 2.24) is 4.98 Å². The van der Waals surface area contributed by atoms with Gasteiger partial charge in [0.1, 0.15) is 23.0 Å². The van der Waals surface area contributed by atoms with Crippen LogP contribution >= 0.6 is 0 Å². The van der Waals surface area contributed by atoms with Gasteiger partial charge in [-0.2, -0.15) is 0 Å². The molecule has 0 spiro atoms. The summed E-state index contributed by atoms with van der Waals surface area (Å²) in [4.78, 5) is 60.8. The van der Waals surface area contributed by atoms with Gasteiger partial charge in [-0.15, -0.1) is 0 Å². The third kappa shape index (κ3) is 5.14. The third-order valence-electron chi connectivity index (χ3n) is 10.5. The first-order valence-electron chi connectivity index (χ1n) is 16.7. The Morgan fingerprint density at radius 2 is 0.739 bits per heavy atom. The number of rotatable bonds is 2. The van der Waals surface area contributed by atoms with Gasteiger partial charge in [-0.1, -0.05) is 61.5 Å². The van der Waals surface area contributed by atoms with E-state index in [0.29, 0.717) is 108 Å². The quantitative estimate of drug-likeness (QED) is 0.330. The zero-order chi connectivity index (χ0) is 33.1. The molecule has 1 aromatic heterocycles. The number of hydrogen-bond acceptors (Lipinski definition) is 7. The number of pyridine rings is 1. The molecule has 0 saturated heterocycles. The summed E-state index contributed by atoms with van der Waals surface area (Å²) < 4.78 is 13.0. The van der Waals surface area contributed by atoms with E-state index in [1.54, 1.807) is 0 Å². The molecule has 46 heavy (non-hydrogen) atoms. The molecule has 1 aromatic rings. The van der Waals surface area contributed by atoms with Crippen molar-refractivity contribution in [3.63, 3.8) is 0 Å². The van der Waals surface area contributed by atoms with Crippen LogP contribution in [0.3, 0.4) is 0 Å². The molecule has 4 aliphatic carbocycles. The van der Waals surface area contributed by atoms with Crippen molar-refractivity contribution >= 4 is 23.1 Å². The molecule has 0 N–H and O–H groups in total. The van der Waals surface area contributed by atoms with Gasteiger partial charge >= 0.3 is 0 Å². The number of ether oxygens (including phenoxy) is 2. The van der Waals surface area contributed by atoms with Crippen molar-refractivity contribution in [2.24, 2.45) is 21.7 Å². The van der Waals surface area contributed by atoms with Gasteiger partial charge in [0.05, 0.1) is 23.2 Å². The summed E-state index contributed by atoms with van der Waals surface area (Å²) in [5, 5.41) is 0. The molecular formula is C39H45NO6. The predicted molar refractivity (Wildman–Crippen MR) is 172 cm³/mol. The molecule has 7 nitrogen and oxygen atoms in total. The number of hydrogen-bond donors (Lipinski definition) is 0. The molecule has 0 saturated carbocycles. The number of aromatic nitrogens is 1. The summed E-state index contributed by atoms with van der Waals surface area (Å²) in [5.41, 5.74) is 2.18. The van der Waals surface area contributed by atoms with E-state index >= 15 is 0 Å². The summed E-state index contributed by atoms with van der Waals surface area (Å²) in [5.74, 6) is 1.13. The minimum atomic E-state index is -0.658. The van der Waals surface area contributed by atoms with E-state index in [1.807, 2.05) is 18.2 Å². The van der Waals surface area contributed by atoms with Crippen LogP contribution in [-0.2, 0) is 28.7 Å². The highest BCUT2D eigenvalue weighted by Crippen LogP contribution is 2.55. The van der Waals surface area contributed by atoms with Crippen LogP contribution in [0, 0.1) is 21.7 Å². The van der Waals surface area contributed by atoms with Crippen molar-refractivity contribution in [2.75, 3.05) is 0 Å². The average Bonchev–Trinajstić information content (AvgIpc) is 2.88. The summed E-state index contributed by atoms with van der Waals surface area (Å²) in [6.07, 6.45) is 3.80. The molecule has 7 heteroatoms. The van der Waals surface area contributed by atoms with Crippen LogP contribution in [0.15, 0.2) is 63.5 Å². The molecule has 0 unspecified atom stereocenters. The second kappa shape index (κ2) is 9.95. The fraction of sp³-hybridized carbons (Fsp3) is 0.564. The molecular weight excluding hydrogens is 578 g/mol. The fourth-order valence-electron chi connectivity index (χ4n) is 8.73. The largest absolute Gasteiger partial charge is 0.465 e. The summed E-state index contributed by atoms with van der Waals surface area (Å²) in [6.45, 7) is 16.5. The van der Waals surface area contributed by atoms with E-state index in [0.717, 1.165) is 0 Å². The van der Waals surface area contributed by atoms with Gasteiger partial charge in [0.2, 0.25) is 0 Å². The van der Waals surface area contributed by atoms with Crippen LogP contribution in [0.5, 0.6) is 0 Å². The number of ketones is 4. The van der Waals surface area contributed by atoms with Crippen LogP contribution in [0.2, 0.25) is 0 Å². The lowest BCUT2D eigenvalue weighted by Crippen LogP contribution is -2.38. The Morgan fingerprint density at radius 3 is 1.00 bits per heavy atom. The van der Waals surface area contributed by atoms with Crippen molar-refractivity contribution in [3.8, 4) is 0 Å².